The van der Waals surface area contributed by atoms with E-state index >= 15 is 0 Å². The van der Waals surface area contributed by atoms with Gasteiger partial charge in [-0.05, 0) is 82.8 Å². The molecular formula is C25H38N2O5. The molecule has 1 saturated carbocycles. The number of pyridine rings is 1. The number of esters is 1. The third-order valence-corrected chi connectivity index (χ3v) is 6.20. The van der Waals surface area contributed by atoms with E-state index in [-0.39, 0.29) is 23.9 Å². The zero-order valence-corrected chi connectivity index (χ0v) is 20.1. The molecule has 1 aromatic heterocycles. The van der Waals surface area contributed by atoms with Crippen LogP contribution < -0.4 is 4.74 Å². The monoisotopic (exact) mass is 446 g/mol. The van der Waals surface area contributed by atoms with E-state index in [1.807, 2.05) is 46.8 Å². The van der Waals surface area contributed by atoms with Crippen LogP contribution in [0.25, 0.3) is 0 Å². The van der Waals surface area contributed by atoms with Crippen LogP contribution >= 0.6 is 0 Å². The molecule has 0 spiro atoms. The number of carbonyl (C=O) groups excluding carboxylic acids is 2. The number of amides is 1. The van der Waals surface area contributed by atoms with Gasteiger partial charge in [-0.1, -0.05) is 6.92 Å². The Hall–Kier alpha value is -2.31. The molecule has 7 nitrogen and oxygen atoms in total. The van der Waals surface area contributed by atoms with Crippen LogP contribution in [0, 0.1) is 17.8 Å². The molecule has 0 bridgehead atoms. The Morgan fingerprint density at radius 3 is 2.47 bits per heavy atom. The third-order valence-electron chi connectivity index (χ3n) is 6.20. The highest BCUT2D eigenvalue weighted by atomic mass is 16.6. The minimum absolute atomic E-state index is 0.136. The van der Waals surface area contributed by atoms with Crippen molar-refractivity contribution < 1.29 is 23.8 Å². The van der Waals surface area contributed by atoms with Crippen molar-refractivity contribution in [2.75, 3.05) is 26.3 Å². The number of nitrogens with zero attached hydrogens (tertiary/aromatic N) is 2. The van der Waals surface area contributed by atoms with E-state index in [1.165, 1.54) is 0 Å². The van der Waals surface area contributed by atoms with Crippen LogP contribution in [0.4, 0.5) is 4.79 Å². The first-order valence-corrected chi connectivity index (χ1v) is 11.9. The van der Waals surface area contributed by atoms with Gasteiger partial charge in [-0.2, -0.15) is 0 Å². The van der Waals surface area contributed by atoms with Gasteiger partial charge in [0.05, 0.1) is 19.1 Å². The van der Waals surface area contributed by atoms with E-state index in [9.17, 15) is 9.59 Å². The van der Waals surface area contributed by atoms with Crippen molar-refractivity contribution in [1.29, 1.82) is 0 Å². The van der Waals surface area contributed by atoms with Gasteiger partial charge in [0.25, 0.3) is 0 Å². The van der Waals surface area contributed by atoms with Crippen LogP contribution in [0.2, 0.25) is 0 Å². The van der Waals surface area contributed by atoms with E-state index < -0.39 is 5.60 Å². The van der Waals surface area contributed by atoms with Gasteiger partial charge in [-0.3, -0.25) is 4.79 Å². The molecule has 2 unspecified atom stereocenters. The van der Waals surface area contributed by atoms with Crippen molar-refractivity contribution in [2.24, 2.45) is 17.8 Å². The lowest BCUT2D eigenvalue weighted by atomic mass is 9.83. The quantitative estimate of drug-likeness (QED) is 0.534. The summed E-state index contributed by atoms with van der Waals surface area (Å²) in [7, 11) is 0. The Balaban J connectivity index is 1.53. The molecule has 0 N–H and O–H groups in total. The number of piperidine rings is 1. The summed E-state index contributed by atoms with van der Waals surface area (Å²) < 4.78 is 16.8. The van der Waals surface area contributed by atoms with Gasteiger partial charge in [0.15, 0.2) is 0 Å². The SMILES string of the molecule is CCOC(=O)C(C)C(c1ccnc(OCC2CCN(C(=O)OC(C)(C)C)CC2)c1)C1CC1. The number of rotatable bonds is 8. The molecule has 2 fully saturated rings. The first-order valence-electron chi connectivity index (χ1n) is 11.9. The third kappa shape index (κ3) is 6.84. The second-order valence-electron chi connectivity index (χ2n) is 10.1. The number of hydrogen-bond donors (Lipinski definition) is 0. The lowest BCUT2D eigenvalue weighted by Crippen LogP contribution is -2.42. The molecule has 0 aromatic carbocycles. The highest BCUT2D eigenvalue weighted by Gasteiger charge is 2.39. The van der Waals surface area contributed by atoms with Crippen molar-refractivity contribution in [2.45, 2.75) is 71.8 Å². The summed E-state index contributed by atoms with van der Waals surface area (Å²) in [6.07, 6.45) is 5.57. The second-order valence-corrected chi connectivity index (χ2v) is 10.1. The van der Waals surface area contributed by atoms with Crippen molar-refractivity contribution in [3.63, 3.8) is 0 Å². The van der Waals surface area contributed by atoms with Crippen LogP contribution in [0.3, 0.4) is 0 Å². The van der Waals surface area contributed by atoms with E-state index in [4.69, 9.17) is 14.2 Å². The van der Waals surface area contributed by atoms with Crippen LogP contribution in [0.15, 0.2) is 18.3 Å². The van der Waals surface area contributed by atoms with Gasteiger partial charge >= 0.3 is 12.1 Å². The lowest BCUT2D eigenvalue weighted by molar-refractivity contribution is -0.148. The van der Waals surface area contributed by atoms with E-state index in [0.717, 1.165) is 31.2 Å². The molecule has 178 valence electrons. The molecular weight excluding hydrogens is 408 g/mol. The molecule has 32 heavy (non-hydrogen) atoms. The summed E-state index contributed by atoms with van der Waals surface area (Å²) in [4.78, 5) is 30.7. The maximum Gasteiger partial charge on any atom is 0.410 e. The highest BCUT2D eigenvalue weighted by Crippen LogP contribution is 2.47. The topological polar surface area (TPSA) is 78.0 Å². The Kier molecular flexibility index (Phi) is 8.01. The summed E-state index contributed by atoms with van der Waals surface area (Å²) in [6, 6.07) is 3.97. The minimum Gasteiger partial charge on any atom is -0.477 e. The standard InChI is InChI=1S/C25H38N2O5/c1-6-30-23(28)17(2)22(19-7-8-19)20-9-12-26-21(15-20)31-16-18-10-13-27(14-11-18)24(29)32-25(3,4)5/h9,12,15,17-19,22H,6-8,10-11,13-14,16H2,1-5H3. The van der Waals surface area contributed by atoms with Crippen molar-refractivity contribution in [1.82, 2.24) is 9.88 Å². The molecule has 1 amide bonds. The largest absolute Gasteiger partial charge is 0.477 e. The van der Waals surface area contributed by atoms with Crippen LogP contribution in [-0.2, 0) is 14.3 Å². The Morgan fingerprint density at radius 2 is 1.88 bits per heavy atom. The predicted molar refractivity (Wildman–Crippen MR) is 122 cm³/mol. The lowest BCUT2D eigenvalue weighted by Gasteiger charge is -2.33. The second kappa shape index (κ2) is 10.5. The number of likely N-dealkylation sites (tertiary alicyclic amines) is 1. The number of hydrogen-bond acceptors (Lipinski definition) is 6. The number of carbonyl (C=O) groups is 2. The Morgan fingerprint density at radius 1 is 1.19 bits per heavy atom. The first-order chi connectivity index (χ1) is 15.2. The molecule has 3 rings (SSSR count). The average Bonchev–Trinajstić information content (AvgIpc) is 3.57. The molecule has 2 heterocycles. The summed E-state index contributed by atoms with van der Waals surface area (Å²) in [5, 5.41) is 0. The number of aromatic nitrogens is 1. The summed E-state index contributed by atoms with van der Waals surface area (Å²) in [6.45, 7) is 11.8. The van der Waals surface area contributed by atoms with Gasteiger partial charge in [0.1, 0.15) is 5.60 Å². The van der Waals surface area contributed by atoms with E-state index in [2.05, 4.69) is 4.98 Å². The predicted octanol–water partition coefficient (Wildman–Crippen LogP) is 4.80. The molecule has 1 aliphatic heterocycles. The summed E-state index contributed by atoms with van der Waals surface area (Å²) in [5.74, 6) is 1.30. The van der Waals surface area contributed by atoms with Gasteiger partial charge in [-0.25, -0.2) is 9.78 Å². The fraction of sp³-hybridized carbons (Fsp3) is 0.720. The molecule has 1 aromatic rings. The number of ether oxygens (including phenoxy) is 3. The molecule has 2 atom stereocenters. The van der Waals surface area contributed by atoms with Gasteiger partial charge in [0, 0.05) is 25.4 Å². The molecule has 2 aliphatic rings. The van der Waals surface area contributed by atoms with E-state index in [1.54, 1.807) is 11.1 Å². The van der Waals surface area contributed by atoms with Gasteiger partial charge in [-0.15, -0.1) is 0 Å². The fourth-order valence-corrected chi connectivity index (χ4v) is 4.37. The Labute approximate surface area is 191 Å². The molecule has 7 heteroatoms. The maximum atomic E-state index is 12.4. The maximum absolute atomic E-state index is 12.4. The highest BCUT2D eigenvalue weighted by molar-refractivity contribution is 5.73. The Bertz CT molecular complexity index is 779. The van der Waals surface area contributed by atoms with Gasteiger partial charge < -0.3 is 19.1 Å². The zero-order valence-electron chi connectivity index (χ0n) is 20.1. The first kappa shape index (κ1) is 24.3. The molecule has 0 radical (unpaired) electrons. The van der Waals surface area contributed by atoms with Crippen LogP contribution in [-0.4, -0.2) is 53.9 Å². The molecule has 1 saturated heterocycles. The van der Waals surface area contributed by atoms with E-state index in [0.29, 0.717) is 44.0 Å². The van der Waals surface area contributed by atoms with Crippen LogP contribution in [0.1, 0.15) is 71.8 Å². The summed E-state index contributed by atoms with van der Waals surface area (Å²) >= 11 is 0. The van der Waals surface area contributed by atoms with Crippen molar-refractivity contribution in [3.05, 3.63) is 23.9 Å². The summed E-state index contributed by atoms with van der Waals surface area (Å²) in [5.41, 5.74) is 0.620. The zero-order chi connectivity index (χ0) is 23.3. The minimum atomic E-state index is -0.475. The fourth-order valence-electron chi connectivity index (χ4n) is 4.37. The normalized spacial score (nSPS) is 19.2. The van der Waals surface area contributed by atoms with Crippen molar-refractivity contribution in [3.8, 4) is 5.88 Å². The smallest absolute Gasteiger partial charge is 0.410 e. The van der Waals surface area contributed by atoms with Gasteiger partial charge in [0.2, 0.25) is 5.88 Å². The van der Waals surface area contributed by atoms with Crippen LogP contribution in [0.5, 0.6) is 5.88 Å². The average molecular weight is 447 g/mol. The van der Waals surface area contributed by atoms with Crippen molar-refractivity contribution >= 4 is 12.1 Å². The molecule has 1 aliphatic carbocycles.